The van der Waals surface area contributed by atoms with E-state index in [1.807, 2.05) is 18.2 Å². The van der Waals surface area contributed by atoms with Crippen LogP contribution in [0.15, 0.2) is 28.7 Å². The van der Waals surface area contributed by atoms with E-state index >= 15 is 0 Å². The first kappa shape index (κ1) is 13.2. The van der Waals surface area contributed by atoms with E-state index in [1.54, 1.807) is 18.4 Å². The monoisotopic (exact) mass is 338 g/mol. The Morgan fingerprint density at radius 2 is 2.16 bits per heavy atom. The Hall–Kier alpha value is -0.840. The van der Waals surface area contributed by atoms with Crippen molar-refractivity contribution in [2.45, 2.75) is 25.4 Å². The molecule has 1 atom stereocenters. The summed E-state index contributed by atoms with van der Waals surface area (Å²) >= 11 is 5.20. The van der Waals surface area contributed by atoms with Crippen molar-refractivity contribution in [3.05, 3.63) is 49.6 Å². The number of aryl methyl sites for hydroxylation is 2. The lowest BCUT2D eigenvalue weighted by Crippen LogP contribution is -1.98. The van der Waals surface area contributed by atoms with E-state index in [9.17, 15) is 5.11 Å². The number of aliphatic hydroxyl groups excluding tert-OH is 1. The molecule has 0 fully saturated rings. The highest BCUT2D eigenvalue weighted by atomic mass is 79.9. The number of thiophene rings is 1. The highest BCUT2D eigenvalue weighted by Gasteiger charge is 2.20. The van der Waals surface area contributed by atoms with Crippen LogP contribution in [0.2, 0.25) is 0 Å². The van der Waals surface area contributed by atoms with Crippen molar-refractivity contribution in [2.24, 2.45) is 0 Å². The van der Waals surface area contributed by atoms with Crippen molar-refractivity contribution in [2.75, 3.05) is 7.11 Å². The lowest BCUT2D eigenvalue weighted by molar-refractivity contribution is 0.224. The fourth-order valence-electron chi connectivity index (χ4n) is 2.50. The van der Waals surface area contributed by atoms with E-state index in [4.69, 9.17) is 4.74 Å². The Balaban J connectivity index is 1.90. The van der Waals surface area contributed by atoms with Gasteiger partial charge in [0.2, 0.25) is 0 Å². The van der Waals surface area contributed by atoms with Gasteiger partial charge in [0.15, 0.2) is 0 Å². The number of aliphatic hydroxyl groups is 1. The van der Waals surface area contributed by atoms with Crippen molar-refractivity contribution in [1.82, 2.24) is 0 Å². The molecule has 1 heterocycles. The van der Waals surface area contributed by atoms with Crippen LogP contribution in [0.1, 0.15) is 33.4 Å². The minimum atomic E-state index is -0.544. The summed E-state index contributed by atoms with van der Waals surface area (Å²) < 4.78 is 6.08. The smallest absolute Gasteiger partial charge is 0.133 e. The molecular weight excluding hydrogens is 324 g/mol. The molecule has 19 heavy (non-hydrogen) atoms. The summed E-state index contributed by atoms with van der Waals surface area (Å²) in [6.07, 6.45) is 3.04. The van der Waals surface area contributed by atoms with E-state index in [-0.39, 0.29) is 0 Å². The average molecular weight is 339 g/mol. The van der Waals surface area contributed by atoms with Gasteiger partial charge in [-0.2, -0.15) is 0 Å². The molecule has 1 aromatic carbocycles. The lowest BCUT2D eigenvalue weighted by atomic mass is 10.1. The second-order valence-electron chi connectivity index (χ2n) is 4.75. The van der Waals surface area contributed by atoms with Gasteiger partial charge in [0.05, 0.1) is 11.6 Å². The third-order valence-corrected chi connectivity index (χ3v) is 5.44. The largest absolute Gasteiger partial charge is 0.496 e. The Morgan fingerprint density at radius 3 is 2.84 bits per heavy atom. The summed E-state index contributed by atoms with van der Waals surface area (Å²) in [4.78, 5) is 2.49. The molecule has 0 aliphatic heterocycles. The number of hydrogen-bond donors (Lipinski definition) is 1. The number of rotatable bonds is 3. The summed E-state index contributed by atoms with van der Waals surface area (Å²) in [7, 11) is 1.64. The van der Waals surface area contributed by atoms with E-state index in [0.717, 1.165) is 27.1 Å². The molecular formula is C15H15BrO2S. The van der Waals surface area contributed by atoms with Crippen LogP contribution in [0, 0.1) is 0 Å². The van der Waals surface area contributed by atoms with Gasteiger partial charge in [0.1, 0.15) is 11.9 Å². The third kappa shape index (κ3) is 2.45. The molecule has 1 aliphatic rings. The van der Waals surface area contributed by atoms with Gasteiger partial charge >= 0.3 is 0 Å². The molecule has 2 nitrogen and oxygen atoms in total. The van der Waals surface area contributed by atoms with E-state index in [1.165, 1.54) is 23.3 Å². The molecule has 0 radical (unpaired) electrons. The van der Waals surface area contributed by atoms with Gasteiger partial charge < -0.3 is 9.84 Å². The number of methoxy groups -OCH3 is 1. The van der Waals surface area contributed by atoms with Gasteiger partial charge in [-0.3, -0.25) is 0 Å². The van der Waals surface area contributed by atoms with Gasteiger partial charge in [0, 0.05) is 9.75 Å². The molecule has 0 bridgehead atoms. The molecule has 0 amide bonds. The summed E-state index contributed by atoms with van der Waals surface area (Å²) in [5, 5.41) is 10.5. The van der Waals surface area contributed by atoms with Crippen LogP contribution in [0.3, 0.4) is 0 Å². The third-order valence-electron chi connectivity index (χ3n) is 3.53. The molecule has 1 unspecified atom stereocenters. The minimum Gasteiger partial charge on any atom is -0.496 e. The van der Waals surface area contributed by atoms with E-state index in [2.05, 4.69) is 22.0 Å². The number of fused-ring (bicyclic) bond motifs is 1. The van der Waals surface area contributed by atoms with Gasteiger partial charge in [-0.25, -0.2) is 0 Å². The van der Waals surface area contributed by atoms with Crippen molar-refractivity contribution < 1.29 is 9.84 Å². The van der Waals surface area contributed by atoms with Crippen molar-refractivity contribution in [3.8, 4) is 5.75 Å². The molecule has 1 aromatic heterocycles. The summed E-state index contributed by atoms with van der Waals surface area (Å²) in [5.41, 5.74) is 2.32. The Labute approximate surface area is 125 Å². The number of halogens is 1. The van der Waals surface area contributed by atoms with Gasteiger partial charge in [-0.05, 0) is 64.5 Å². The lowest BCUT2D eigenvalue weighted by Gasteiger charge is -2.11. The zero-order valence-corrected chi connectivity index (χ0v) is 13.1. The van der Waals surface area contributed by atoms with Crippen molar-refractivity contribution >= 4 is 27.3 Å². The van der Waals surface area contributed by atoms with Gasteiger partial charge in [-0.15, -0.1) is 11.3 Å². The van der Waals surface area contributed by atoms with Crippen LogP contribution in [0.25, 0.3) is 0 Å². The fourth-order valence-corrected chi connectivity index (χ4v) is 4.33. The van der Waals surface area contributed by atoms with Crippen molar-refractivity contribution in [1.29, 1.82) is 0 Å². The fraction of sp³-hybridized carbons (Fsp3) is 0.333. The molecule has 100 valence electrons. The molecule has 0 saturated carbocycles. The zero-order valence-electron chi connectivity index (χ0n) is 10.6. The molecule has 0 spiro atoms. The molecule has 3 rings (SSSR count). The van der Waals surface area contributed by atoms with Gasteiger partial charge in [0.25, 0.3) is 0 Å². The zero-order chi connectivity index (χ0) is 13.4. The highest BCUT2D eigenvalue weighted by Crippen LogP contribution is 2.37. The first-order chi connectivity index (χ1) is 9.19. The Bertz CT molecular complexity index is 585. The number of benzene rings is 1. The van der Waals surface area contributed by atoms with Crippen LogP contribution in [-0.2, 0) is 12.8 Å². The first-order valence-corrected chi connectivity index (χ1v) is 7.93. The molecule has 1 N–H and O–H groups in total. The van der Waals surface area contributed by atoms with Crippen LogP contribution in [0.5, 0.6) is 5.75 Å². The normalized spacial score (nSPS) is 15.3. The van der Waals surface area contributed by atoms with Crippen molar-refractivity contribution in [3.63, 3.8) is 0 Å². The quantitative estimate of drug-likeness (QED) is 0.913. The Morgan fingerprint density at radius 1 is 1.32 bits per heavy atom. The molecule has 0 saturated heterocycles. The second-order valence-corrected chi connectivity index (χ2v) is 6.77. The predicted octanol–water partition coefficient (Wildman–Crippen LogP) is 4.09. The maximum absolute atomic E-state index is 10.5. The average Bonchev–Trinajstić information content (AvgIpc) is 2.98. The number of hydrogen-bond acceptors (Lipinski definition) is 3. The summed E-state index contributed by atoms with van der Waals surface area (Å²) in [6.45, 7) is 0. The first-order valence-electron chi connectivity index (χ1n) is 6.32. The van der Waals surface area contributed by atoms with E-state index in [0.29, 0.717) is 0 Å². The minimum absolute atomic E-state index is 0.544. The maximum atomic E-state index is 10.5. The Kier molecular flexibility index (Phi) is 3.65. The van der Waals surface area contributed by atoms with Crippen LogP contribution >= 0.6 is 27.3 Å². The molecule has 4 heteroatoms. The topological polar surface area (TPSA) is 29.5 Å². The van der Waals surface area contributed by atoms with Crippen LogP contribution in [-0.4, -0.2) is 12.2 Å². The van der Waals surface area contributed by atoms with Gasteiger partial charge in [-0.1, -0.05) is 6.07 Å². The molecule has 2 aromatic rings. The van der Waals surface area contributed by atoms with Crippen LogP contribution < -0.4 is 4.74 Å². The van der Waals surface area contributed by atoms with E-state index < -0.39 is 6.10 Å². The number of ether oxygens (including phenoxy) is 1. The standard InChI is InChI=1S/C15H15BrO2S/c1-18-12-6-5-10(7-11(12)16)15(17)14-8-9-3-2-4-13(9)19-14/h5-8,15,17H,2-4H2,1H3. The SMILES string of the molecule is COc1ccc(C(O)c2cc3c(s2)CCC3)cc1Br. The maximum Gasteiger partial charge on any atom is 0.133 e. The highest BCUT2D eigenvalue weighted by molar-refractivity contribution is 9.10. The second kappa shape index (κ2) is 5.27. The molecule has 1 aliphatic carbocycles. The van der Waals surface area contributed by atoms with Crippen LogP contribution in [0.4, 0.5) is 0 Å². The predicted molar refractivity (Wildman–Crippen MR) is 81.1 cm³/mol. The summed E-state index contributed by atoms with van der Waals surface area (Å²) in [6, 6.07) is 7.88. The summed E-state index contributed by atoms with van der Waals surface area (Å²) in [5.74, 6) is 0.782.